The summed E-state index contributed by atoms with van der Waals surface area (Å²) in [5.74, 6) is -1.24. The van der Waals surface area contributed by atoms with E-state index in [1.165, 1.54) is 23.2 Å². The van der Waals surface area contributed by atoms with Gasteiger partial charge < -0.3 is 10.0 Å². The Bertz CT molecular complexity index is 636. The van der Waals surface area contributed by atoms with E-state index in [0.717, 1.165) is 11.1 Å². The molecule has 0 aliphatic carbocycles. The van der Waals surface area contributed by atoms with Gasteiger partial charge in [-0.15, -0.1) is 11.3 Å². The van der Waals surface area contributed by atoms with Crippen molar-refractivity contribution >= 4 is 23.2 Å². The van der Waals surface area contributed by atoms with Gasteiger partial charge in [0.25, 0.3) is 5.91 Å². The first-order chi connectivity index (χ1) is 10.0. The monoisotopic (exact) mass is 303 g/mol. The molecule has 2 rings (SSSR count). The average molecular weight is 303 g/mol. The summed E-state index contributed by atoms with van der Waals surface area (Å²) < 4.78 is 0. The predicted octanol–water partition coefficient (Wildman–Crippen LogP) is 3.17. The summed E-state index contributed by atoms with van der Waals surface area (Å²) in [5, 5.41) is 11.1. The van der Waals surface area contributed by atoms with Crippen molar-refractivity contribution < 1.29 is 14.7 Å². The van der Waals surface area contributed by atoms with Gasteiger partial charge in [0.05, 0.1) is 4.88 Å². The minimum absolute atomic E-state index is 0.235. The van der Waals surface area contributed by atoms with E-state index >= 15 is 0 Å². The van der Waals surface area contributed by atoms with Gasteiger partial charge in [-0.3, -0.25) is 4.79 Å². The van der Waals surface area contributed by atoms with Crippen LogP contribution in [0.15, 0.2) is 41.8 Å². The van der Waals surface area contributed by atoms with Crippen LogP contribution in [0, 0.1) is 6.92 Å². The summed E-state index contributed by atoms with van der Waals surface area (Å²) in [6.45, 7) is 3.67. The standard InChI is InChI=1S/C16H17NO3S/c1-11-8-9-21-14(11)15(18)17(12(2)16(19)20)10-13-6-4-3-5-7-13/h3-9,12H,10H2,1-2H3,(H,19,20). The molecule has 0 saturated heterocycles. The number of carboxylic acids is 1. The third-order valence-electron chi connectivity index (χ3n) is 3.34. The second kappa shape index (κ2) is 6.54. The number of aryl methyl sites for hydroxylation is 1. The van der Waals surface area contributed by atoms with Gasteiger partial charge in [-0.25, -0.2) is 4.79 Å². The van der Waals surface area contributed by atoms with E-state index in [9.17, 15) is 14.7 Å². The zero-order chi connectivity index (χ0) is 15.4. The van der Waals surface area contributed by atoms with Crippen LogP contribution in [-0.2, 0) is 11.3 Å². The molecular formula is C16H17NO3S. The van der Waals surface area contributed by atoms with Gasteiger partial charge in [0.2, 0.25) is 0 Å². The number of thiophene rings is 1. The summed E-state index contributed by atoms with van der Waals surface area (Å²) in [6.07, 6.45) is 0. The van der Waals surface area contributed by atoms with Crippen molar-refractivity contribution in [3.8, 4) is 0 Å². The zero-order valence-corrected chi connectivity index (χ0v) is 12.8. The normalized spacial score (nSPS) is 11.9. The minimum atomic E-state index is -1.01. The molecule has 0 radical (unpaired) electrons. The van der Waals surface area contributed by atoms with Crippen LogP contribution in [0.3, 0.4) is 0 Å². The molecule has 21 heavy (non-hydrogen) atoms. The van der Waals surface area contributed by atoms with E-state index in [4.69, 9.17) is 0 Å². The number of hydrogen-bond acceptors (Lipinski definition) is 3. The van der Waals surface area contributed by atoms with E-state index in [2.05, 4.69) is 0 Å². The minimum Gasteiger partial charge on any atom is -0.480 e. The molecule has 110 valence electrons. The largest absolute Gasteiger partial charge is 0.480 e. The first-order valence-corrected chi connectivity index (χ1v) is 7.50. The molecule has 0 aliphatic heterocycles. The maximum Gasteiger partial charge on any atom is 0.326 e. The second-order valence-corrected chi connectivity index (χ2v) is 5.78. The molecule has 2 aromatic rings. The van der Waals surface area contributed by atoms with Crippen molar-refractivity contribution in [3.05, 3.63) is 57.8 Å². The van der Waals surface area contributed by atoms with E-state index in [1.54, 1.807) is 0 Å². The highest BCUT2D eigenvalue weighted by Crippen LogP contribution is 2.21. The van der Waals surface area contributed by atoms with Crippen LogP contribution in [0.1, 0.15) is 27.7 Å². The first-order valence-electron chi connectivity index (χ1n) is 6.62. The fraction of sp³-hybridized carbons (Fsp3) is 0.250. The van der Waals surface area contributed by atoms with Gasteiger partial charge in [-0.1, -0.05) is 30.3 Å². The van der Waals surface area contributed by atoms with Crippen LogP contribution in [0.5, 0.6) is 0 Å². The SMILES string of the molecule is Cc1ccsc1C(=O)N(Cc1ccccc1)C(C)C(=O)O. The van der Waals surface area contributed by atoms with Crippen molar-refractivity contribution in [1.29, 1.82) is 0 Å². The molecule has 0 saturated carbocycles. The molecule has 0 spiro atoms. The molecule has 0 bridgehead atoms. The van der Waals surface area contributed by atoms with Gasteiger partial charge in [0, 0.05) is 6.54 Å². The molecule has 1 aromatic carbocycles. The number of hydrogen-bond donors (Lipinski definition) is 1. The topological polar surface area (TPSA) is 57.6 Å². The molecule has 5 heteroatoms. The van der Waals surface area contributed by atoms with Crippen LogP contribution < -0.4 is 0 Å². The first kappa shape index (κ1) is 15.3. The number of carbonyl (C=O) groups excluding carboxylic acids is 1. The summed E-state index contributed by atoms with van der Waals surface area (Å²) in [5.41, 5.74) is 1.79. The van der Waals surface area contributed by atoms with Gasteiger partial charge in [0.1, 0.15) is 6.04 Å². The number of benzene rings is 1. The zero-order valence-electron chi connectivity index (χ0n) is 11.9. The molecule has 1 unspecified atom stereocenters. The highest BCUT2D eigenvalue weighted by atomic mass is 32.1. The van der Waals surface area contributed by atoms with Crippen molar-refractivity contribution in [2.45, 2.75) is 26.4 Å². The second-order valence-electron chi connectivity index (χ2n) is 4.87. The molecule has 1 atom stereocenters. The maximum atomic E-state index is 12.7. The lowest BCUT2D eigenvalue weighted by Crippen LogP contribution is -2.42. The lowest BCUT2D eigenvalue weighted by molar-refractivity contribution is -0.141. The number of rotatable bonds is 5. The van der Waals surface area contributed by atoms with Gasteiger partial charge in [-0.2, -0.15) is 0 Å². The molecule has 1 N–H and O–H groups in total. The van der Waals surface area contributed by atoms with E-state index in [-0.39, 0.29) is 12.5 Å². The predicted molar refractivity (Wildman–Crippen MR) is 82.5 cm³/mol. The van der Waals surface area contributed by atoms with Gasteiger partial charge in [-0.05, 0) is 36.4 Å². The van der Waals surface area contributed by atoms with Crippen molar-refractivity contribution in [1.82, 2.24) is 4.90 Å². The lowest BCUT2D eigenvalue weighted by atomic mass is 10.1. The van der Waals surface area contributed by atoms with Gasteiger partial charge >= 0.3 is 5.97 Å². The Morgan fingerprint density at radius 2 is 1.90 bits per heavy atom. The summed E-state index contributed by atoms with van der Waals surface area (Å²) in [6, 6.07) is 10.4. The van der Waals surface area contributed by atoms with Crippen LogP contribution in [0.4, 0.5) is 0 Å². The number of carboxylic acid groups (broad SMARTS) is 1. The molecule has 0 aliphatic rings. The van der Waals surface area contributed by atoms with Gasteiger partial charge in [0.15, 0.2) is 0 Å². The summed E-state index contributed by atoms with van der Waals surface area (Å²) >= 11 is 1.34. The van der Waals surface area contributed by atoms with Crippen molar-refractivity contribution in [2.75, 3.05) is 0 Å². The van der Waals surface area contributed by atoms with Crippen LogP contribution in [0.25, 0.3) is 0 Å². The fourth-order valence-electron chi connectivity index (χ4n) is 2.02. The summed E-state index contributed by atoms with van der Waals surface area (Å²) in [4.78, 5) is 25.9. The molecule has 1 amide bonds. The summed E-state index contributed by atoms with van der Waals surface area (Å²) in [7, 11) is 0. The Morgan fingerprint density at radius 3 is 2.43 bits per heavy atom. The van der Waals surface area contributed by atoms with Crippen molar-refractivity contribution in [3.63, 3.8) is 0 Å². The molecule has 1 aromatic heterocycles. The Kier molecular flexibility index (Phi) is 4.75. The Hall–Kier alpha value is -2.14. The third-order valence-corrected chi connectivity index (χ3v) is 4.34. The highest BCUT2D eigenvalue weighted by Gasteiger charge is 2.28. The fourth-order valence-corrected chi connectivity index (χ4v) is 2.90. The van der Waals surface area contributed by atoms with Crippen LogP contribution >= 0.6 is 11.3 Å². The molecule has 4 nitrogen and oxygen atoms in total. The van der Waals surface area contributed by atoms with Crippen LogP contribution in [0.2, 0.25) is 0 Å². The van der Waals surface area contributed by atoms with Crippen LogP contribution in [-0.4, -0.2) is 27.9 Å². The molecule has 0 fully saturated rings. The average Bonchev–Trinajstić information content (AvgIpc) is 2.90. The van der Waals surface area contributed by atoms with Crippen molar-refractivity contribution in [2.24, 2.45) is 0 Å². The maximum absolute atomic E-state index is 12.7. The number of amides is 1. The van der Waals surface area contributed by atoms with E-state index < -0.39 is 12.0 Å². The van der Waals surface area contributed by atoms with E-state index in [0.29, 0.717) is 4.88 Å². The Labute approximate surface area is 127 Å². The third kappa shape index (κ3) is 3.49. The highest BCUT2D eigenvalue weighted by molar-refractivity contribution is 7.12. The molecular weight excluding hydrogens is 286 g/mol. The number of nitrogens with zero attached hydrogens (tertiary/aromatic N) is 1. The van der Waals surface area contributed by atoms with E-state index in [1.807, 2.05) is 48.7 Å². The Balaban J connectivity index is 2.30. The lowest BCUT2D eigenvalue weighted by Gasteiger charge is -2.26. The smallest absolute Gasteiger partial charge is 0.326 e. The number of aliphatic carboxylic acids is 1. The Morgan fingerprint density at radius 1 is 1.24 bits per heavy atom. The quantitative estimate of drug-likeness (QED) is 0.923. The molecule has 1 heterocycles. The number of carbonyl (C=O) groups is 2.